The Balaban J connectivity index is 1.47. The largest absolute Gasteiger partial charge is 0.357 e. The van der Waals surface area contributed by atoms with Crippen molar-refractivity contribution in [3.8, 4) is 0 Å². The van der Waals surface area contributed by atoms with Crippen molar-refractivity contribution >= 4 is 5.96 Å². The Morgan fingerprint density at radius 3 is 2.55 bits per heavy atom. The van der Waals surface area contributed by atoms with Crippen molar-refractivity contribution in [1.29, 1.82) is 0 Å². The summed E-state index contributed by atoms with van der Waals surface area (Å²) in [7, 11) is 0. The number of likely N-dealkylation sites (tertiary alicyclic amines) is 1. The van der Waals surface area contributed by atoms with Gasteiger partial charge in [0, 0.05) is 38.6 Å². The van der Waals surface area contributed by atoms with Gasteiger partial charge in [0.2, 0.25) is 0 Å². The first-order valence-corrected chi connectivity index (χ1v) is 11.0. The van der Waals surface area contributed by atoms with Gasteiger partial charge in [-0.25, -0.2) is 4.99 Å². The predicted octanol–water partition coefficient (Wildman–Crippen LogP) is 3.26. The number of hydrogen-bond acceptors (Lipinski definition) is 3. The van der Waals surface area contributed by atoms with Crippen LogP contribution in [-0.4, -0.2) is 46.8 Å². The van der Waals surface area contributed by atoms with Gasteiger partial charge >= 0.3 is 0 Å². The summed E-state index contributed by atoms with van der Waals surface area (Å²) in [5.41, 5.74) is 2.64. The molecular formula is C23H36N6. The molecule has 1 atom stereocenters. The summed E-state index contributed by atoms with van der Waals surface area (Å²) in [5.74, 6) is 1.34. The number of nitrogens with one attached hydrogen (secondary N) is 2. The molecule has 6 heteroatoms. The van der Waals surface area contributed by atoms with Crippen LogP contribution in [-0.2, 0) is 19.6 Å². The quantitative estimate of drug-likeness (QED) is 0.505. The van der Waals surface area contributed by atoms with Gasteiger partial charge in [-0.2, -0.15) is 5.10 Å². The van der Waals surface area contributed by atoms with E-state index in [4.69, 9.17) is 4.99 Å². The van der Waals surface area contributed by atoms with Crippen LogP contribution in [0.2, 0.25) is 0 Å². The fraction of sp³-hybridized carbons (Fsp3) is 0.565. The van der Waals surface area contributed by atoms with Crippen LogP contribution in [0.1, 0.15) is 44.2 Å². The number of nitrogens with zero attached hydrogens (tertiary/aromatic N) is 4. The lowest BCUT2D eigenvalue weighted by Crippen LogP contribution is -2.40. The first kappa shape index (κ1) is 21.4. The molecule has 3 rings (SSSR count). The Hall–Kier alpha value is -2.34. The van der Waals surface area contributed by atoms with Crippen LogP contribution < -0.4 is 10.6 Å². The van der Waals surface area contributed by atoms with Crippen LogP contribution in [0.3, 0.4) is 0 Å². The molecule has 0 saturated carbocycles. The lowest BCUT2D eigenvalue weighted by molar-refractivity contribution is 0.221. The fourth-order valence-corrected chi connectivity index (χ4v) is 3.70. The molecule has 1 aromatic carbocycles. The third-order valence-corrected chi connectivity index (χ3v) is 5.32. The highest BCUT2D eigenvalue weighted by molar-refractivity contribution is 5.79. The minimum Gasteiger partial charge on any atom is -0.357 e. The first-order valence-electron chi connectivity index (χ1n) is 11.0. The maximum atomic E-state index is 4.76. The van der Waals surface area contributed by atoms with E-state index in [2.05, 4.69) is 58.7 Å². The molecule has 2 N–H and O–H groups in total. The van der Waals surface area contributed by atoms with Gasteiger partial charge < -0.3 is 10.6 Å². The molecule has 1 aliphatic heterocycles. The van der Waals surface area contributed by atoms with Gasteiger partial charge in [0.15, 0.2) is 5.96 Å². The standard InChI is InChI=1S/C23H36N6/c1-3-24-23(25-16-20(2)18-29-15-7-12-27-29)26-17-21-8-10-22(11-9-21)19-28-13-5-4-6-14-28/h7-12,15,20H,3-6,13-14,16-19H2,1-2H3,(H2,24,25,26). The monoisotopic (exact) mass is 396 g/mol. The second-order valence-corrected chi connectivity index (χ2v) is 8.06. The lowest BCUT2D eigenvalue weighted by Gasteiger charge is -2.26. The molecule has 1 unspecified atom stereocenters. The van der Waals surface area contributed by atoms with E-state index in [1.807, 2.05) is 23.1 Å². The Morgan fingerprint density at radius 1 is 1.10 bits per heavy atom. The lowest BCUT2D eigenvalue weighted by atomic mass is 10.1. The first-order chi connectivity index (χ1) is 14.2. The van der Waals surface area contributed by atoms with Gasteiger partial charge in [-0.1, -0.05) is 37.6 Å². The van der Waals surface area contributed by atoms with E-state index in [0.717, 1.165) is 32.1 Å². The Bertz CT molecular complexity index is 716. The molecule has 6 nitrogen and oxygen atoms in total. The molecule has 2 heterocycles. The van der Waals surface area contributed by atoms with Crippen molar-refractivity contribution in [3.63, 3.8) is 0 Å². The van der Waals surface area contributed by atoms with Gasteiger partial charge in [0.25, 0.3) is 0 Å². The summed E-state index contributed by atoms with van der Waals surface area (Å²) in [6.45, 7) is 11.2. The van der Waals surface area contributed by atoms with Gasteiger partial charge in [-0.05, 0) is 56.0 Å². The van der Waals surface area contributed by atoms with Gasteiger partial charge in [-0.3, -0.25) is 9.58 Å². The minimum absolute atomic E-state index is 0.466. The van der Waals surface area contributed by atoms with Crippen LogP contribution >= 0.6 is 0 Å². The number of guanidine groups is 1. The van der Waals surface area contributed by atoms with Gasteiger partial charge in [-0.15, -0.1) is 0 Å². The normalized spacial score (nSPS) is 16.6. The molecule has 0 aliphatic carbocycles. The Labute approximate surface area is 175 Å². The SMILES string of the molecule is CCNC(=NCc1ccc(CN2CCCCC2)cc1)NCC(C)Cn1cccn1. The Kier molecular flexibility index (Phi) is 8.56. The van der Waals surface area contributed by atoms with Gasteiger partial charge in [0.1, 0.15) is 0 Å². The van der Waals surface area contributed by atoms with Crippen molar-refractivity contribution in [2.75, 3.05) is 26.2 Å². The molecule has 1 fully saturated rings. The van der Waals surface area contributed by atoms with Crippen LogP contribution in [0.5, 0.6) is 0 Å². The number of hydrogen-bond donors (Lipinski definition) is 2. The molecule has 2 aromatic rings. The summed E-state index contributed by atoms with van der Waals surface area (Å²) < 4.78 is 1.97. The van der Waals surface area contributed by atoms with Crippen LogP contribution in [0.4, 0.5) is 0 Å². The van der Waals surface area contributed by atoms with Crippen molar-refractivity contribution in [3.05, 3.63) is 53.9 Å². The van der Waals surface area contributed by atoms with Crippen LogP contribution in [0, 0.1) is 5.92 Å². The zero-order chi connectivity index (χ0) is 20.3. The summed E-state index contributed by atoms with van der Waals surface area (Å²) >= 11 is 0. The van der Waals surface area contributed by atoms with E-state index in [1.54, 1.807) is 0 Å². The average Bonchev–Trinajstić information content (AvgIpc) is 3.25. The van der Waals surface area contributed by atoms with E-state index in [0.29, 0.717) is 12.5 Å². The Morgan fingerprint density at radius 2 is 1.86 bits per heavy atom. The highest BCUT2D eigenvalue weighted by Gasteiger charge is 2.10. The summed E-state index contributed by atoms with van der Waals surface area (Å²) in [6, 6.07) is 10.9. The summed E-state index contributed by atoms with van der Waals surface area (Å²) in [5, 5.41) is 11.1. The molecule has 0 radical (unpaired) electrons. The molecule has 0 spiro atoms. The molecule has 1 saturated heterocycles. The molecular weight excluding hydrogens is 360 g/mol. The van der Waals surface area contributed by atoms with E-state index in [9.17, 15) is 0 Å². The molecule has 29 heavy (non-hydrogen) atoms. The van der Waals surface area contributed by atoms with Crippen LogP contribution in [0.15, 0.2) is 47.7 Å². The van der Waals surface area contributed by atoms with Crippen molar-refractivity contribution < 1.29 is 0 Å². The molecule has 1 aliphatic rings. The maximum Gasteiger partial charge on any atom is 0.191 e. The number of piperidine rings is 1. The summed E-state index contributed by atoms with van der Waals surface area (Å²) in [4.78, 5) is 7.32. The maximum absolute atomic E-state index is 4.76. The number of aromatic nitrogens is 2. The number of benzene rings is 1. The predicted molar refractivity (Wildman–Crippen MR) is 120 cm³/mol. The second-order valence-electron chi connectivity index (χ2n) is 8.06. The molecule has 1 aromatic heterocycles. The second kappa shape index (κ2) is 11.6. The smallest absolute Gasteiger partial charge is 0.191 e. The van der Waals surface area contributed by atoms with E-state index in [1.165, 1.54) is 43.5 Å². The van der Waals surface area contributed by atoms with Crippen molar-refractivity contribution in [2.24, 2.45) is 10.9 Å². The topological polar surface area (TPSA) is 57.5 Å². The van der Waals surface area contributed by atoms with Crippen molar-refractivity contribution in [2.45, 2.75) is 52.7 Å². The number of aliphatic imine (C=N–C) groups is 1. The van der Waals surface area contributed by atoms with E-state index >= 15 is 0 Å². The number of rotatable bonds is 9. The highest BCUT2D eigenvalue weighted by atomic mass is 15.3. The third kappa shape index (κ3) is 7.54. The summed E-state index contributed by atoms with van der Waals surface area (Å²) in [6.07, 6.45) is 7.90. The van der Waals surface area contributed by atoms with Crippen LogP contribution in [0.25, 0.3) is 0 Å². The zero-order valence-electron chi connectivity index (χ0n) is 18.0. The zero-order valence-corrected chi connectivity index (χ0v) is 18.0. The highest BCUT2D eigenvalue weighted by Crippen LogP contribution is 2.14. The fourth-order valence-electron chi connectivity index (χ4n) is 3.70. The van der Waals surface area contributed by atoms with Crippen molar-refractivity contribution in [1.82, 2.24) is 25.3 Å². The minimum atomic E-state index is 0.466. The van der Waals surface area contributed by atoms with E-state index < -0.39 is 0 Å². The van der Waals surface area contributed by atoms with Gasteiger partial charge in [0.05, 0.1) is 6.54 Å². The van der Waals surface area contributed by atoms with E-state index in [-0.39, 0.29) is 0 Å². The average molecular weight is 397 g/mol. The molecule has 0 bridgehead atoms. The third-order valence-electron chi connectivity index (χ3n) is 5.32. The molecule has 158 valence electrons. The molecule has 0 amide bonds.